The van der Waals surface area contributed by atoms with Gasteiger partial charge in [0.25, 0.3) is 5.69 Å². The number of benzene rings is 1. The van der Waals surface area contributed by atoms with E-state index in [-0.39, 0.29) is 17.8 Å². The van der Waals surface area contributed by atoms with Crippen LogP contribution in [0.3, 0.4) is 0 Å². The number of halogens is 1. The van der Waals surface area contributed by atoms with Crippen LogP contribution < -0.4 is 10.6 Å². The molecule has 0 heterocycles. The van der Waals surface area contributed by atoms with Crippen molar-refractivity contribution in [1.29, 1.82) is 0 Å². The maximum absolute atomic E-state index is 13.9. The van der Waals surface area contributed by atoms with Gasteiger partial charge in [-0.3, -0.25) is 10.1 Å². The molecule has 1 aliphatic carbocycles. The lowest BCUT2D eigenvalue weighted by Crippen LogP contribution is -2.39. The minimum Gasteiger partial charge on any atom is -0.369 e. The molecule has 0 saturated heterocycles. The van der Waals surface area contributed by atoms with E-state index in [9.17, 15) is 14.5 Å². The average Bonchev–Trinajstić information content (AvgIpc) is 2.38. The summed E-state index contributed by atoms with van der Waals surface area (Å²) >= 11 is 0. The highest BCUT2D eigenvalue weighted by Gasteiger charge is 2.24. The normalized spacial score (nSPS) is 23.1. The molecule has 19 heavy (non-hydrogen) atoms. The number of nitrogens with zero attached hydrogens (tertiary/aromatic N) is 2. The number of non-ortho nitro benzene ring substituents is 1. The van der Waals surface area contributed by atoms with Gasteiger partial charge in [0.15, 0.2) is 5.82 Å². The summed E-state index contributed by atoms with van der Waals surface area (Å²) in [5, 5.41) is 10.6. The number of nitro groups is 1. The SMILES string of the molecule is CN(c1ccc([N+](=O)[O-])cc1F)C1CCC(N)CC1. The number of anilines is 1. The van der Waals surface area contributed by atoms with Crippen molar-refractivity contribution in [2.24, 2.45) is 5.73 Å². The first-order valence-electron chi connectivity index (χ1n) is 6.41. The Morgan fingerprint density at radius 3 is 2.53 bits per heavy atom. The molecule has 6 heteroatoms. The molecule has 0 aliphatic heterocycles. The summed E-state index contributed by atoms with van der Waals surface area (Å²) < 4.78 is 13.9. The van der Waals surface area contributed by atoms with Gasteiger partial charge in [0.05, 0.1) is 16.7 Å². The molecular formula is C13H18FN3O2. The van der Waals surface area contributed by atoms with E-state index in [0.29, 0.717) is 5.69 Å². The van der Waals surface area contributed by atoms with Crippen LogP contribution in [0.4, 0.5) is 15.8 Å². The van der Waals surface area contributed by atoms with Crippen LogP contribution in [0, 0.1) is 15.9 Å². The Morgan fingerprint density at radius 1 is 1.37 bits per heavy atom. The van der Waals surface area contributed by atoms with Gasteiger partial charge in [0.1, 0.15) is 0 Å². The summed E-state index contributed by atoms with van der Waals surface area (Å²) in [5.74, 6) is -0.549. The van der Waals surface area contributed by atoms with E-state index in [1.54, 1.807) is 0 Å². The van der Waals surface area contributed by atoms with Gasteiger partial charge < -0.3 is 10.6 Å². The number of rotatable bonds is 3. The highest BCUT2D eigenvalue weighted by Crippen LogP contribution is 2.29. The van der Waals surface area contributed by atoms with Gasteiger partial charge in [-0.15, -0.1) is 0 Å². The van der Waals surface area contributed by atoms with Crippen molar-refractivity contribution >= 4 is 11.4 Å². The summed E-state index contributed by atoms with van der Waals surface area (Å²) in [6, 6.07) is 4.27. The molecule has 0 aromatic heterocycles. The number of nitrogens with two attached hydrogens (primary N) is 1. The largest absolute Gasteiger partial charge is 0.369 e. The molecule has 1 aromatic carbocycles. The number of hydrogen-bond acceptors (Lipinski definition) is 4. The van der Waals surface area contributed by atoms with Crippen LogP contribution in [0.25, 0.3) is 0 Å². The molecule has 0 atom stereocenters. The lowest BCUT2D eigenvalue weighted by molar-refractivity contribution is -0.385. The minimum atomic E-state index is -0.591. The van der Waals surface area contributed by atoms with Crippen molar-refractivity contribution in [2.45, 2.75) is 37.8 Å². The van der Waals surface area contributed by atoms with Crippen molar-refractivity contribution in [3.63, 3.8) is 0 Å². The third-order valence-corrected chi connectivity index (χ3v) is 3.81. The molecule has 2 rings (SSSR count). The van der Waals surface area contributed by atoms with Gasteiger partial charge >= 0.3 is 0 Å². The fraction of sp³-hybridized carbons (Fsp3) is 0.538. The topological polar surface area (TPSA) is 72.4 Å². The van der Waals surface area contributed by atoms with Gasteiger partial charge in [0.2, 0.25) is 0 Å². The predicted molar refractivity (Wildman–Crippen MR) is 71.7 cm³/mol. The molecule has 1 aliphatic rings. The molecule has 0 spiro atoms. The zero-order valence-electron chi connectivity index (χ0n) is 10.9. The van der Waals surface area contributed by atoms with Crippen LogP contribution in [-0.2, 0) is 0 Å². The molecule has 1 saturated carbocycles. The first-order valence-corrected chi connectivity index (χ1v) is 6.41. The molecule has 0 amide bonds. The molecule has 0 radical (unpaired) electrons. The lowest BCUT2D eigenvalue weighted by Gasteiger charge is -2.35. The fourth-order valence-electron chi connectivity index (χ4n) is 2.58. The van der Waals surface area contributed by atoms with Gasteiger partial charge in [-0.05, 0) is 31.7 Å². The third kappa shape index (κ3) is 3.01. The monoisotopic (exact) mass is 267 g/mol. The van der Waals surface area contributed by atoms with Crippen LogP contribution in [-0.4, -0.2) is 24.1 Å². The molecule has 1 fully saturated rings. The fourth-order valence-corrected chi connectivity index (χ4v) is 2.58. The second kappa shape index (κ2) is 5.52. The Morgan fingerprint density at radius 2 is 2.00 bits per heavy atom. The van der Waals surface area contributed by atoms with Gasteiger partial charge in [-0.1, -0.05) is 0 Å². The first kappa shape index (κ1) is 13.7. The Balaban J connectivity index is 2.15. The molecular weight excluding hydrogens is 249 g/mol. The zero-order valence-corrected chi connectivity index (χ0v) is 10.9. The van der Waals surface area contributed by atoms with Crippen LogP contribution in [0.1, 0.15) is 25.7 Å². The van der Waals surface area contributed by atoms with Crippen LogP contribution in [0.15, 0.2) is 18.2 Å². The van der Waals surface area contributed by atoms with E-state index >= 15 is 0 Å². The van der Waals surface area contributed by atoms with Crippen LogP contribution >= 0.6 is 0 Å². The second-order valence-electron chi connectivity index (χ2n) is 5.07. The summed E-state index contributed by atoms with van der Waals surface area (Å²) in [6.45, 7) is 0. The molecule has 0 bridgehead atoms. The number of nitro benzene ring substituents is 1. The van der Waals surface area contributed by atoms with Crippen LogP contribution in [0.2, 0.25) is 0 Å². The van der Waals surface area contributed by atoms with Crippen molar-refractivity contribution < 1.29 is 9.31 Å². The molecule has 5 nitrogen and oxygen atoms in total. The lowest BCUT2D eigenvalue weighted by atomic mass is 9.90. The van der Waals surface area contributed by atoms with E-state index in [2.05, 4.69) is 0 Å². The predicted octanol–water partition coefficient (Wildman–Crippen LogP) is 2.44. The first-order chi connectivity index (χ1) is 8.99. The highest BCUT2D eigenvalue weighted by atomic mass is 19.1. The minimum absolute atomic E-state index is 0.222. The Kier molecular flexibility index (Phi) is 3.99. The highest BCUT2D eigenvalue weighted by molar-refractivity contribution is 5.52. The number of hydrogen-bond donors (Lipinski definition) is 1. The standard InChI is InChI=1S/C13H18FN3O2/c1-16(10-4-2-9(15)3-5-10)13-7-6-11(17(18)19)8-12(13)14/h6-10H,2-5,15H2,1H3. The van der Waals surface area contributed by atoms with Crippen molar-refractivity contribution in [1.82, 2.24) is 0 Å². The smallest absolute Gasteiger partial charge is 0.272 e. The Bertz CT molecular complexity index is 473. The van der Waals surface area contributed by atoms with E-state index in [0.717, 1.165) is 31.7 Å². The van der Waals surface area contributed by atoms with E-state index < -0.39 is 10.7 Å². The summed E-state index contributed by atoms with van der Waals surface area (Å²) in [5.41, 5.74) is 6.04. The second-order valence-corrected chi connectivity index (χ2v) is 5.07. The molecule has 104 valence electrons. The third-order valence-electron chi connectivity index (χ3n) is 3.81. The van der Waals surface area contributed by atoms with Crippen molar-refractivity contribution in [2.75, 3.05) is 11.9 Å². The van der Waals surface area contributed by atoms with E-state index in [1.165, 1.54) is 12.1 Å². The molecule has 0 unspecified atom stereocenters. The summed E-state index contributed by atoms with van der Waals surface area (Å²) in [7, 11) is 1.83. The van der Waals surface area contributed by atoms with Crippen molar-refractivity contribution in [3.05, 3.63) is 34.1 Å². The van der Waals surface area contributed by atoms with Gasteiger partial charge in [-0.25, -0.2) is 4.39 Å². The Hall–Kier alpha value is -1.69. The van der Waals surface area contributed by atoms with Gasteiger partial charge in [-0.2, -0.15) is 0 Å². The average molecular weight is 267 g/mol. The van der Waals surface area contributed by atoms with Gasteiger partial charge in [0, 0.05) is 25.2 Å². The molecule has 1 aromatic rings. The maximum Gasteiger partial charge on any atom is 0.272 e. The molecule has 2 N–H and O–H groups in total. The van der Waals surface area contributed by atoms with E-state index in [4.69, 9.17) is 5.73 Å². The van der Waals surface area contributed by atoms with Crippen molar-refractivity contribution in [3.8, 4) is 0 Å². The van der Waals surface area contributed by atoms with E-state index in [1.807, 2.05) is 11.9 Å². The summed E-state index contributed by atoms with van der Waals surface area (Å²) in [4.78, 5) is 11.9. The maximum atomic E-state index is 13.9. The zero-order chi connectivity index (χ0) is 14.0. The summed E-state index contributed by atoms with van der Waals surface area (Å²) in [6.07, 6.45) is 3.72. The Labute approximate surface area is 111 Å². The van der Waals surface area contributed by atoms with Crippen LogP contribution in [0.5, 0.6) is 0 Å². The quantitative estimate of drug-likeness (QED) is 0.674.